The van der Waals surface area contributed by atoms with Gasteiger partial charge in [-0.1, -0.05) is 293 Å². The van der Waals surface area contributed by atoms with Crippen LogP contribution in [0.2, 0.25) is 5.02 Å². The molecule has 3 aliphatic heterocycles. The molecule has 0 unspecified atom stereocenters. The Bertz CT molecular complexity index is 8420. The van der Waals surface area contributed by atoms with Crippen LogP contribution in [-0.4, -0.2) is 64.6 Å². The van der Waals surface area contributed by atoms with E-state index in [2.05, 4.69) is 178 Å². The van der Waals surface area contributed by atoms with Crippen LogP contribution in [0.5, 0.6) is 0 Å². The van der Waals surface area contributed by atoms with Crippen LogP contribution in [0, 0.1) is 106 Å². The molecule has 17 aromatic carbocycles. The number of nitrogens with two attached hydrogens (primary N) is 5. The maximum Gasteiger partial charge on any atom is 0.248 e. The number of pyridine rings is 4. The van der Waals surface area contributed by atoms with E-state index in [-0.39, 0.29) is 17.6 Å². The number of aromatic nitrogens is 4. The van der Waals surface area contributed by atoms with Gasteiger partial charge >= 0.3 is 0 Å². The van der Waals surface area contributed by atoms with Crippen molar-refractivity contribution in [3.8, 4) is 6.07 Å². The van der Waals surface area contributed by atoms with Crippen LogP contribution in [0.4, 0.5) is 10.2 Å². The number of rotatable bonds is 4. The largest absolute Gasteiger partial charge is 0.389 e. The second kappa shape index (κ2) is 52.6. The second-order valence-electron chi connectivity index (χ2n) is 37.0. The Labute approximate surface area is 881 Å². The number of nitrogen functional groups attached to an aromatic ring is 1. The van der Waals surface area contributed by atoms with Gasteiger partial charge in [-0.15, -0.1) is 0 Å². The number of hydrogen-bond donors (Lipinski definition) is 7. The Morgan fingerprint density at radius 1 is 0.413 bits per heavy atom. The predicted octanol–water partition coefficient (Wildman–Crippen LogP) is 28.5. The maximum atomic E-state index is 13.0. The van der Waals surface area contributed by atoms with Crippen molar-refractivity contribution in [2.75, 3.05) is 18.1 Å². The molecule has 756 valence electrons. The molecule has 24 rings (SSSR count). The number of nitrogens with one attached hydrogen (secondary N) is 2. The van der Waals surface area contributed by atoms with Gasteiger partial charge < -0.3 is 43.7 Å². The van der Waals surface area contributed by atoms with Gasteiger partial charge in [-0.3, -0.25) is 15.2 Å². The SMILES string of the molecule is Cc1cc2ccccc2cc1C#N.Cc1cc2ccccc2cc1C(=N)N.Cc1cc2ccccc2cc1C(N)=O.Cc1cc2ccccc2cc1CN.Cc1cc2ccccc2cc1F.Cc1cc2ccccc2cc1S(C)(=O)=O.Cc1ccc2c(c1)C(N)=NOC2.Cc1ccc2c(c1)CON=C2N.Cc1ccc2c(n1)NCCC2.Cc1ccc2cc(Cl)ccc2c1.Cc1ccc2cccnc2c1.Cc1ccc2cccnc2n1. The molecular formula is C128H124ClFN14O5S. The van der Waals surface area contributed by atoms with E-state index in [4.69, 9.17) is 60.6 Å². The van der Waals surface area contributed by atoms with Gasteiger partial charge in [0.2, 0.25) is 5.91 Å². The molecule has 21 aromatic rings. The van der Waals surface area contributed by atoms with Crippen molar-refractivity contribution in [1.82, 2.24) is 19.9 Å². The highest BCUT2D eigenvalue weighted by molar-refractivity contribution is 7.90. The fourth-order valence-electron chi connectivity index (χ4n) is 17.0. The summed E-state index contributed by atoms with van der Waals surface area (Å²) in [5, 5.41) is 46.0. The number of anilines is 1. The van der Waals surface area contributed by atoms with Crippen molar-refractivity contribution in [3.05, 3.63) is 498 Å². The number of nitriles is 1. The van der Waals surface area contributed by atoms with Gasteiger partial charge in [-0.05, 0) is 325 Å². The summed E-state index contributed by atoms with van der Waals surface area (Å²) in [5.41, 5.74) is 51.4. The molecule has 7 heterocycles. The number of aryl methyl sites for hydroxylation is 13. The summed E-state index contributed by atoms with van der Waals surface area (Å²) in [6.45, 7) is 26.5. The molecule has 0 bridgehead atoms. The third kappa shape index (κ3) is 30.9. The fourth-order valence-corrected chi connectivity index (χ4v) is 18.2. The molecule has 0 atom stereocenters. The Balaban J connectivity index is 0.000000136. The quantitative estimate of drug-likeness (QED) is 0.0636. The number of benzene rings is 17. The minimum Gasteiger partial charge on any atom is -0.389 e. The lowest BCUT2D eigenvalue weighted by molar-refractivity contribution is 0.0999. The molecule has 0 aliphatic carbocycles. The van der Waals surface area contributed by atoms with E-state index in [1.54, 1.807) is 25.3 Å². The summed E-state index contributed by atoms with van der Waals surface area (Å²) in [7, 11) is -3.12. The van der Waals surface area contributed by atoms with Crippen LogP contribution in [-0.2, 0) is 45.7 Å². The second-order valence-corrected chi connectivity index (χ2v) is 39.4. The van der Waals surface area contributed by atoms with Gasteiger partial charge in [-0.25, -0.2) is 27.8 Å². The van der Waals surface area contributed by atoms with Crippen molar-refractivity contribution in [3.63, 3.8) is 0 Å². The van der Waals surface area contributed by atoms with Crippen molar-refractivity contribution in [1.29, 1.82) is 10.7 Å². The molecule has 1 amide bonds. The van der Waals surface area contributed by atoms with E-state index in [9.17, 15) is 17.6 Å². The Morgan fingerprint density at radius 3 is 1.41 bits per heavy atom. The number of oxime groups is 2. The highest BCUT2D eigenvalue weighted by Gasteiger charge is 2.17. The number of amides is 1. The summed E-state index contributed by atoms with van der Waals surface area (Å²) in [5.74, 6) is 1.67. The zero-order chi connectivity index (χ0) is 107. The van der Waals surface area contributed by atoms with Gasteiger partial charge in [0, 0.05) is 92.3 Å². The summed E-state index contributed by atoms with van der Waals surface area (Å²) in [6, 6.07) is 120. The predicted molar refractivity (Wildman–Crippen MR) is 621 cm³/mol. The summed E-state index contributed by atoms with van der Waals surface area (Å²) in [4.78, 5) is 38.4. The van der Waals surface area contributed by atoms with Crippen LogP contribution in [0.3, 0.4) is 0 Å². The highest BCUT2D eigenvalue weighted by atomic mass is 35.5. The Kier molecular flexibility index (Phi) is 38.5. The first-order valence-electron chi connectivity index (χ1n) is 49.1. The zero-order valence-electron chi connectivity index (χ0n) is 86.7. The van der Waals surface area contributed by atoms with E-state index in [1.165, 1.54) is 95.7 Å². The molecule has 4 aromatic heterocycles. The summed E-state index contributed by atoms with van der Waals surface area (Å²) >= 11 is 5.86. The smallest absolute Gasteiger partial charge is 0.248 e. The summed E-state index contributed by atoms with van der Waals surface area (Å²) < 4.78 is 36.0. The standard InChI is InChI=1S/C12H12N2.C12H11NO.C12H13N.C12H9N.C12H12O2S.C11H9Cl.C11H9F.C10H9N.2C9H10N2O.C9H12N2.C9H8N2/c2*1-8-6-9-4-2-3-5-10(9)7-11(8)12(13)14;2*1-9-6-10-4-2-3-5-11(10)7-12(9)8-13;1-9-7-10-5-3-4-6-11(10)8-12(9)15(2,13)14;1-8-2-3-10-7-11(12)5-4-9(10)6-8;1-8-6-9-4-2-3-5-10(9)7-11(8)12;1-8-4-5-9-3-2-6-11-10(9)7-8;1-6-2-3-8-7(4-6)5-12-11-9(8)10;1-6-2-3-7-5-12-11-9(10)8(7)4-6;2*1-7-4-5-8-3-2-6-10-9(8)11-7/h2-7H,1H3,(H3,13,14);2-7H,1H3,(H2,13,14);2-7H,8,13H2,1H3;2-7H,1H3;3-8H,1-2H3;2*2-7H,1H3;2-7H,1H3;2*2-4H,5H2,1H3,(H2,10,11);4-5H,2-3,6H2,1H3,(H,10,11);2-6H,1H3. The highest BCUT2D eigenvalue weighted by Crippen LogP contribution is 2.30. The topological polar surface area (TPSA) is 336 Å². The number of fused-ring (bicyclic) bond motifs is 12. The number of amidine groups is 3. The zero-order valence-corrected chi connectivity index (χ0v) is 88.3. The van der Waals surface area contributed by atoms with E-state index in [0.717, 1.165) is 144 Å². The van der Waals surface area contributed by atoms with Crippen molar-refractivity contribution in [2.24, 2.45) is 39.0 Å². The minimum atomic E-state index is -3.12. The van der Waals surface area contributed by atoms with E-state index < -0.39 is 9.84 Å². The monoisotopic (exact) mass is 2020 g/mol. The fraction of sp³-hybridized carbons (Fsp3) is 0.148. The number of hydrogen-bond acceptors (Lipinski definition) is 17. The van der Waals surface area contributed by atoms with E-state index >= 15 is 0 Å². The van der Waals surface area contributed by atoms with E-state index in [0.29, 0.717) is 47.5 Å². The lowest BCUT2D eigenvalue weighted by Crippen LogP contribution is -2.20. The van der Waals surface area contributed by atoms with E-state index in [1.807, 2.05) is 292 Å². The molecule has 22 heteroatoms. The number of carbonyl (C=O) groups is 1. The molecule has 0 radical (unpaired) electrons. The van der Waals surface area contributed by atoms with Gasteiger partial charge in [-0.2, -0.15) is 5.26 Å². The lowest BCUT2D eigenvalue weighted by atomic mass is 10.0. The molecular weight excluding hydrogens is 1900 g/mol. The normalized spacial score (nSPS) is 11.5. The molecule has 150 heavy (non-hydrogen) atoms. The third-order valence-corrected chi connectivity index (χ3v) is 26.5. The Morgan fingerprint density at radius 2 is 0.833 bits per heavy atom. The first-order valence-corrected chi connectivity index (χ1v) is 51.4. The number of sulfone groups is 1. The summed E-state index contributed by atoms with van der Waals surface area (Å²) in [6.07, 6.45) is 7.23. The molecule has 0 saturated heterocycles. The number of primary amides is 1. The Hall–Kier alpha value is -17.4. The van der Waals surface area contributed by atoms with Crippen LogP contribution >= 0.6 is 11.6 Å². The van der Waals surface area contributed by atoms with Crippen LogP contribution in [0.15, 0.2) is 386 Å². The van der Waals surface area contributed by atoms with Crippen molar-refractivity contribution >= 4 is 148 Å². The first kappa shape index (κ1) is 110. The first-order chi connectivity index (χ1) is 72.1. The average Bonchev–Trinajstić information content (AvgIpc) is 0.794. The van der Waals surface area contributed by atoms with Gasteiger partial charge in [0.25, 0.3) is 0 Å². The molecule has 12 N–H and O–H groups in total. The van der Waals surface area contributed by atoms with Crippen LogP contribution in [0.1, 0.15) is 128 Å². The van der Waals surface area contributed by atoms with Crippen molar-refractivity contribution < 1.29 is 27.3 Å². The van der Waals surface area contributed by atoms with Gasteiger partial charge in [0.1, 0.15) is 30.7 Å². The van der Waals surface area contributed by atoms with Crippen LogP contribution < -0.4 is 34.0 Å². The molecule has 0 fully saturated rings. The number of carbonyl (C=O) groups excluding carboxylic acids is 1. The van der Waals surface area contributed by atoms with Gasteiger partial charge in [0.05, 0.1) is 22.0 Å². The minimum absolute atomic E-state index is 0.131. The van der Waals surface area contributed by atoms with Crippen molar-refractivity contribution in [2.45, 2.75) is 121 Å². The third-order valence-electron chi connectivity index (χ3n) is 25.0. The molecule has 3 aliphatic rings. The van der Waals surface area contributed by atoms with Crippen LogP contribution in [0.25, 0.3) is 97.3 Å². The molecule has 19 nitrogen and oxygen atoms in total. The van der Waals surface area contributed by atoms with Gasteiger partial charge in [0.15, 0.2) is 27.2 Å². The average molecular weight is 2030 g/mol. The number of nitrogens with zero attached hydrogens (tertiary/aromatic N) is 7. The molecule has 0 spiro atoms. The molecule has 0 saturated carbocycles. The number of halogens is 2. The maximum absolute atomic E-state index is 13.0. The lowest BCUT2D eigenvalue weighted by Gasteiger charge is -2.16.